The molecule has 1 rings (SSSR count). The first-order valence-electron chi connectivity index (χ1n) is 6.00. The predicted molar refractivity (Wildman–Crippen MR) is 68.7 cm³/mol. The van der Waals surface area contributed by atoms with Crippen molar-refractivity contribution in [2.75, 3.05) is 5.32 Å². The second-order valence-electron chi connectivity index (χ2n) is 4.30. The van der Waals surface area contributed by atoms with Gasteiger partial charge in [0.25, 0.3) is 0 Å². The van der Waals surface area contributed by atoms with Crippen molar-refractivity contribution in [1.82, 2.24) is 0 Å². The number of anilines is 1. The van der Waals surface area contributed by atoms with E-state index in [0.29, 0.717) is 6.42 Å². The molecule has 0 aliphatic carbocycles. The van der Waals surface area contributed by atoms with Crippen molar-refractivity contribution in [3.8, 4) is 0 Å². The third-order valence-corrected chi connectivity index (χ3v) is 2.80. The van der Waals surface area contributed by atoms with Crippen molar-refractivity contribution in [2.24, 2.45) is 0 Å². The fraction of sp³-hybridized carbons (Fsp3) is 0.500. The summed E-state index contributed by atoms with van der Waals surface area (Å²) in [5.41, 5.74) is 3.37. The Morgan fingerprint density at radius 1 is 1.19 bits per heavy atom. The molecular weight excluding hydrogens is 198 g/mol. The van der Waals surface area contributed by atoms with E-state index >= 15 is 0 Å². The van der Waals surface area contributed by atoms with E-state index in [-0.39, 0.29) is 5.91 Å². The smallest absolute Gasteiger partial charge is 0.224 e. The highest BCUT2D eigenvalue weighted by molar-refractivity contribution is 5.90. The maximum absolute atomic E-state index is 11.6. The molecule has 0 fully saturated rings. The lowest BCUT2D eigenvalue weighted by molar-refractivity contribution is -0.116. The molecule has 0 bridgehead atoms. The van der Waals surface area contributed by atoms with Crippen LogP contribution in [0.2, 0.25) is 0 Å². The molecule has 2 heteroatoms. The Balaban J connectivity index is 2.46. The molecule has 0 aliphatic heterocycles. The highest BCUT2D eigenvalue weighted by atomic mass is 16.1. The van der Waals surface area contributed by atoms with Crippen molar-refractivity contribution in [3.63, 3.8) is 0 Å². The quantitative estimate of drug-likeness (QED) is 0.749. The number of carbonyl (C=O) groups excluding carboxylic acids is 1. The molecule has 1 aromatic carbocycles. The van der Waals surface area contributed by atoms with Gasteiger partial charge in [-0.2, -0.15) is 0 Å². The summed E-state index contributed by atoms with van der Waals surface area (Å²) in [6.07, 6.45) is 3.88. The second-order valence-corrected chi connectivity index (χ2v) is 4.30. The van der Waals surface area contributed by atoms with Gasteiger partial charge in [0.05, 0.1) is 0 Å². The van der Waals surface area contributed by atoms with Crippen LogP contribution < -0.4 is 5.32 Å². The van der Waals surface area contributed by atoms with E-state index in [2.05, 4.69) is 26.1 Å². The molecule has 2 nitrogen and oxygen atoms in total. The van der Waals surface area contributed by atoms with Crippen LogP contribution in [0.5, 0.6) is 0 Å². The van der Waals surface area contributed by atoms with Crippen molar-refractivity contribution >= 4 is 11.6 Å². The number of amides is 1. The minimum atomic E-state index is 0.122. The zero-order chi connectivity index (χ0) is 12.0. The van der Waals surface area contributed by atoms with Gasteiger partial charge in [0, 0.05) is 12.1 Å². The SMILES string of the molecule is CCCCCC(=O)Nc1ccc(C)c(C)c1. The van der Waals surface area contributed by atoms with Gasteiger partial charge >= 0.3 is 0 Å². The van der Waals surface area contributed by atoms with Crippen molar-refractivity contribution < 1.29 is 4.79 Å². The molecule has 0 atom stereocenters. The summed E-state index contributed by atoms with van der Waals surface area (Å²) in [5, 5.41) is 2.93. The first kappa shape index (κ1) is 12.8. The minimum absolute atomic E-state index is 0.122. The van der Waals surface area contributed by atoms with E-state index in [1.165, 1.54) is 11.1 Å². The Kier molecular flexibility index (Phi) is 5.03. The molecule has 0 aliphatic rings. The van der Waals surface area contributed by atoms with Crippen LogP contribution in [0.4, 0.5) is 5.69 Å². The summed E-state index contributed by atoms with van der Waals surface area (Å²) < 4.78 is 0. The molecule has 1 amide bonds. The first-order valence-corrected chi connectivity index (χ1v) is 6.00. The monoisotopic (exact) mass is 219 g/mol. The molecule has 0 saturated carbocycles. The highest BCUT2D eigenvalue weighted by Crippen LogP contribution is 2.14. The number of rotatable bonds is 5. The molecule has 0 saturated heterocycles. The average molecular weight is 219 g/mol. The van der Waals surface area contributed by atoms with Crippen LogP contribution in [-0.2, 0) is 4.79 Å². The van der Waals surface area contributed by atoms with Crippen molar-refractivity contribution in [2.45, 2.75) is 46.5 Å². The van der Waals surface area contributed by atoms with Crippen molar-refractivity contribution in [3.05, 3.63) is 29.3 Å². The number of nitrogens with one attached hydrogen (secondary N) is 1. The Labute approximate surface area is 98.1 Å². The standard InChI is InChI=1S/C14H21NO/c1-4-5-6-7-14(16)15-13-9-8-11(2)12(3)10-13/h8-10H,4-7H2,1-3H3,(H,15,16). The minimum Gasteiger partial charge on any atom is -0.326 e. The Hall–Kier alpha value is -1.31. The fourth-order valence-electron chi connectivity index (χ4n) is 1.58. The summed E-state index contributed by atoms with van der Waals surface area (Å²) in [7, 11) is 0. The largest absolute Gasteiger partial charge is 0.326 e. The lowest BCUT2D eigenvalue weighted by Gasteiger charge is -2.07. The van der Waals surface area contributed by atoms with Gasteiger partial charge in [-0.05, 0) is 43.5 Å². The van der Waals surface area contributed by atoms with E-state index in [4.69, 9.17) is 0 Å². The molecule has 88 valence electrons. The van der Waals surface area contributed by atoms with Gasteiger partial charge in [0.15, 0.2) is 0 Å². The normalized spacial score (nSPS) is 10.2. The Morgan fingerprint density at radius 3 is 2.56 bits per heavy atom. The van der Waals surface area contributed by atoms with Gasteiger partial charge in [0.1, 0.15) is 0 Å². The van der Waals surface area contributed by atoms with Gasteiger partial charge in [-0.25, -0.2) is 0 Å². The van der Waals surface area contributed by atoms with Crippen LogP contribution in [0.25, 0.3) is 0 Å². The molecule has 1 aromatic rings. The molecule has 0 aromatic heterocycles. The average Bonchev–Trinajstić information content (AvgIpc) is 2.24. The number of aryl methyl sites for hydroxylation is 2. The zero-order valence-corrected chi connectivity index (χ0v) is 10.5. The lowest BCUT2D eigenvalue weighted by atomic mass is 10.1. The van der Waals surface area contributed by atoms with Crippen LogP contribution in [-0.4, -0.2) is 5.91 Å². The van der Waals surface area contributed by atoms with Gasteiger partial charge in [-0.15, -0.1) is 0 Å². The summed E-state index contributed by atoms with van der Waals surface area (Å²) in [5.74, 6) is 0.122. The van der Waals surface area contributed by atoms with Gasteiger partial charge in [-0.3, -0.25) is 4.79 Å². The molecule has 0 unspecified atom stereocenters. The molecule has 1 N–H and O–H groups in total. The Bertz CT molecular complexity index is 358. The highest BCUT2D eigenvalue weighted by Gasteiger charge is 2.02. The predicted octanol–water partition coefficient (Wildman–Crippen LogP) is 3.82. The fourth-order valence-corrected chi connectivity index (χ4v) is 1.58. The second kappa shape index (κ2) is 6.31. The number of hydrogen-bond donors (Lipinski definition) is 1. The summed E-state index contributed by atoms with van der Waals surface area (Å²) in [4.78, 5) is 11.6. The molecule has 0 radical (unpaired) electrons. The number of unbranched alkanes of at least 4 members (excludes halogenated alkanes) is 2. The van der Waals surface area contributed by atoms with Crippen LogP contribution in [0, 0.1) is 13.8 Å². The van der Waals surface area contributed by atoms with Gasteiger partial charge in [0.2, 0.25) is 5.91 Å². The maximum atomic E-state index is 11.6. The van der Waals surface area contributed by atoms with E-state index in [1.54, 1.807) is 0 Å². The van der Waals surface area contributed by atoms with E-state index in [0.717, 1.165) is 24.9 Å². The zero-order valence-electron chi connectivity index (χ0n) is 10.5. The molecule has 0 heterocycles. The molecular formula is C14H21NO. The van der Waals surface area contributed by atoms with Crippen LogP contribution in [0.15, 0.2) is 18.2 Å². The first-order chi connectivity index (χ1) is 7.63. The number of carbonyl (C=O) groups is 1. The number of benzene rings is 1. The van der Waals surface area contributed by atoms with Gasteiger partial charge < -0.3 is 5.32 Å². The van der Waals surface area contributed by atoms with Crippen LogP contribution >= 0.6 is 0 Å². The third-order valence-electron chi connectivity index (χ3n) is 2.80. The summed E-state index contributed by atoms with van der Waals surface area (Å²) >= 11 is 0. The Morgan fingerprint density at radius 2 is 1.94 bits per heavy atom. The van der Waals surface area contributed by atoms with Crippen LogP contribution in [0.3, 0.4) is 0 Å². The van der Waals surface area contributed by atoms with E-state index in [9.17, 15) is 4.79 Å². The van der Waals surface area contributed by atoms with Crippen LogP contribution in [0.1, 0.15) is 43.7 Å². The molecule has 16 heavy (non-hydrogen) atoms. The maximum Gasteiger partial charge on any atom is 0.224 e. The lowest BCUT2D eigenvalue weighted by Crippen LogP contribution is -2.11. The number of hydrogen-bond acceptors (Lipinski definition) is 1. The van der Waals surface area contributed by atoms with Gasteiger partial charge in [-0.1, -0.05) is 25.8 Å². The van der Waals surface area contributed by atoms with E-state index < -0.39 is 0 Å². The van der Waals surface area contributed by atoms with Crippen molar-refractivity contribution in [1.29, 1.82) is 0 Å². The third kappa shape index (κ3) is 4.05. The molecule has 0 spiro atoms. The topological polar surface area (TPSA) is 29.1 Å². The summed E-state index contributed by atoms with van der Waals surface area (Å²) in [6.45, 7) is 6.27. The van der Waals surface area contributed by atoms with E-state index in [1.807, 2.05) is 18.2 Å². The summed E-state index contributed by atoms with van der Waals surface area (Å²) in [6, 6.07) is 6.02.